The predicted octanol–water partition coefficient (Wildman–Crippen LogP) is 1.73. The molecule has 1 amide bonds. The molecule has 2 atom stereocenters. The lowest BCUT2D eigenvalue weighted by Gasteiger charge is -2.27. The van der Waals surface area contributed by atoms with Crippen molar-refractivity contribution < 1.29 is 4.79 Å². The van der Waals surface area contributed by atoms with E-state index in [2.05, 4.69) is 21.2 Å². The first-order valence-corrected chi connectivity index (χ1v) is 5.77. The number of piperidine rings is 1. The van der Waals surface area contributed by atoms with Gasteiger partial charge in [0, 0.05) is 4.47 Å². The summed E-state index contributed by atoms with van der Waals surface area (Å²) in [7, 11) is 0. The Kier molecular flexibility index (Phi) is 3.07. The van der Waals surface area contributed by atoms with Crippen LogP contribution in [0.2, 0.25) is 0 Å². The van der Waals surface area contributed by atoms with E-state index in [0.29, 0.717) is 0 Å². The highest BCUT2D eigenvalue weighted by molar-refractivity contribution is 9.10. The highest BCUT2D eigenvalue weighted by Gasteiger charge is 2.25. The van der Waals surface area contributed by atoms with Crippen LogP contribution in [0.4, 0.5) is 0 Å². The number of amides is 1. The zero-order chi connectivity index (χ0) is 10.8. The smallest absolute Gasteiger partial charge is 0.237 e. The minimum Gasteiger partial charge on any atom is -0.348 e. The molecule has 4 heteroatoms. The van der Waals surface area contributed by atoms with Crippen molar-refractivity contribution in [2.24, 2.45) is 5.73 Å². The quantitative estimate of drug-likeness (QED) is 0.815. The summed E-state index contributed by atoms with van der Waals surface area (Å²) in [4.78, 5) is 11.4. The summed E-state index contributed by atoms with van der Waals surface area (Å²) >= 11 is 3.42. The van der Waals surface area contributed by atoms with Crippen molar-refractivity contribution >= 4 is 21.8 Å². The van der Waals surface area contributed by atoms with E-state index in [4.69, 9.17) is 5.73 Å². The Labute approximate surface area is 97.2 Å². The minimum atomic E-state index is -0.339. The third-order valence-electron chi connectivity index (χ3n) is 2.67. The molecular weight excluding hydrogens is 256 g/mol. The van der Waals surface area contributed by atoms with Crippen molar-refractivity contribution in [1.29, 1.82) is 0 Å². The molecule has 0 bridgehead atoms. The number of rotatable bonds is 1. The molecule has 3 nitrogen and oxygen atoms in total. The first kappa shape index (κ1) is 10.6. The van der Waals surface area contributed by atoms with Gasteiger partial charge in [-0.1, -0.05) is 28.1 Å². The average Bonchev–Trinajstić information content (AvgIpc) is 2.22. The third-order valence-corrected chi connectivity index (χ3v) is 3.16. The van der Waals surface area contributed by atoms with Crippen molar-refractivity contribution in [2.75, 3.05) is 0 Å². The van der Waals surface area contributed by atoms with E-state index in [1.165, 1.54) is 0 Å². The number of hydrogen-bond acceptors (Lipinski definition) is 2. The Hall–Kier alpha value is -0.870. The van der Waals surface area contributed by atoms with Crippen LogP contribution in [0.15, 0.2) is 28.7 Å². The van der Waals surface area contributed by atoms with Gasteiger partial charge in [-0.05, 0) is 30.5 Å². The van der Waals surface area contributed by atoms with Crippen LogP contribution in [-0.2, 0) is 4.79 Å². The maximum absolute atomic E-state index is 11.4. The standard InChI is InChI=1S/C11H13BrN2O/c12-8-3-1-2-7(6-8)10-5-4-9(13)11(15)14-10/h1-3,6,9-10H,4-5,13H2,(H,14,15). The van der Waals surface area contributed by atoms with Crippen LogP contribution >= 0.6 is 15.9 Å². The van der Waals surface area contributed by atoms with Gasteiger partial charge in [-0.25, -0.2) is 0 Å². The Bertz CT molecular complexity index is 381. The van der Waals surface area contributed by atoms with Crippen LogP contribution in [0, 0.1) is 0 Å². The van der Waals surface area contributed by atoms with Crippen LogP contribution in [0.5, 0.6) is 0 Å². The van der Waals surface area contributed by atoms with E-state index in [-0.39, 0.29) is 18.0 Å². The third kappa shape index (κ3) is 2.38. The summed E-state index contributed by atoms with van der Waals surface area (Å²) in [6, 6.07) is 7.76. The molecule has 1 aromatic rings. The number of nitrogens with two attached hydrogens (primary N) is 1. The molecule has 2 rings (SSSR count). The van der Waals surface area contributed by atoms with Crippen LogP contribution in [0.1, 0.15) is 24.4 Å². The van der Waals surface area contributed by atoms with Gasteiger partial charge >= 0.3 is 0 Å². The lowest BCUT2D eigenvalue weighted by Crippen LogP contribution is -2.46. The minimum absolute atomic E-state index is 0.0498. The van der Waals surface area contributed by atoms with Crippen LogP contribution in [0.25, 0.3) is 0 Å². The van der Waals surface area contributed by atoms with Gasteiger partial charge in [0.2, 0.25) is 5.91 Å². The molecule has 2 unspecified atom stereocenters. The molecule has 1 fully saturated rings. The van der Waals surface area contributed by atoms with E-state index >= 15 is 0 Å². The van der Waals surface area contributed by atoms with E-state index in [1.807, 2.05) is 24.3 Å². The maximum Gasteiger partial charge on any atom is 0.237 e. The van der Waals surface area contributed by atoms with Crippen molar-refractivity contribution in [3.63, 3.8) is 0 Å². The molecule has 0 saturated carbocycles. The summed E-state index contributed by atoms with van der Waals surface area (Å²) in [5, 5.41) is 2.92. The fourth-order valence-electron chi connectivity index (χ4n) is 1.80. The normalized spacial score (nSPS) is 26.1. The van der Waals surface area contributed by atoms with E-state index in [9.17, 15) is 4.79 Å². The van der Waals surface area contributed by atoms with Crippen molar-refractivity contribution in [3.05, 3.63) is 34.3 Å². The Morgan fingerprint density at radius 2 is 2.20 bits per heavy atom. The Morgan fingerprint density at radius 3 is 2.87 bits per heavy atom. The first-order valence-electron chi connectivity index (χ1n) is 4.98. The van der Waals surface area contributed by atoms with Crippen molar-refractivity contribution in [3.8, 4) is 0 Å². The number of benzene rings is 1. The zero-order valence-electron chi connectivity index (χ0n) is 8.24. The van der Waals surface area contributed by atoms with Crippen LogP contribution in [0.3, 0.4) is 0 Å². The molecule has 15 heavy (non-hydrogen) atoms. The van der Waals surface area contributed by atoms with Gasteiger partial charge in [-0.2, -0.15) is 0 Å². The fourth-order valence-corrected chi connectivity index (χ4v) is 2.22. The van der Waals surface area contributed by atoms with Crippen LogP contribution < -0.4 is 11.1 Å². The number of carbonyl (C=O) groups is 1. The van der Waals surface area contributed by atoms with Crippen LogP contribution in [-0.4, -0.2) is 11.9 Å². The lowest BCUT2D eigenvalue weighted by molar-refractivity contribution is -0.124. The Balaban J connectivity index is 2.15. The van der Waals surface area contributed by atoms with Crippen molar-refractivity contribution in [1.82, 2.24) is 5.32 Å². The highest BCUT2D eigenvalue weighted by Crippen LogP contribution is 2.25. The van der Waals surface area contributed by atoms with Gasteiger partial charge < -0.3 is 11.1 Å². The molecule has 0 aliphatic carbocycles. The molecule has 1 heterocycles. The number of nitrogens with one attached hydrogen (secondary N) is 1. The van der Waals surface area contributed by atoms with Gasteiger partial charge in [0.1, 0.15) is 0 Å². The van der Waals surface area contributed by atoms with Gasteiger partial charge in [0.05, 0.1) is 12.1 Å². The van der Waals surface area contributed by atoms with Gasteiger partial charge in [0.15, 0.2) is 0 Å². The molecule has 0 radical (unpaired) electrons. The fraction of sp³-hybridized carbons (Fsp3) is 0.364. The average molecular weight is 269 g/mol. The molecule has 0 aromatic heterocycles. The first-order chi connectivity index (χ1) is 7.16. The largest absolute Gasteiger partial charge is 0.348 e. The monoisotopic (exact) mass is 268 g/mol. The molecule has 1 saturated heterocycles. The zero-order valence-corrected chi connectivity index (χ0v) is 9.83. The number of hydrogen-bond donors (Lipinski definition) is 2. The molecule has 1 aromatic carbocycles. The number of carbonyl (C=O) groups excluding carboxylic acids is 1. The van der Waals surface area contributed by atoms with Gasteiger partial charge in [0.25, 0.3) is 0 Å². The van der Waals surface area contributed by atoms with Gasteiger partial charge in [-0.3, -0.25) is 4.79 Å². The van der Waals surface area contributed by atoms with Crippen molar-refractivity contribution in [2.45, 2.75) is 24.9 Å². The lowest BCUT2D eigenvalue weighted by atomic mass is 9.95. The Morgan fingerprint density at radius 1 is 1.40 bits per heavy atom. The SMILES string of the molecule is NC1CCC(c2cccc(Br)c2)NC1=O. The molecular formula is C11H13BrN2O. The van der Waals surface area contributed by atoms with Gasteiger partial charge in [-0.15, -0.1) is 0 Å². The molecule has 0 spiro atoms. The molecule has 1 aliphatic rings. The highest BCUT2D eigenvalue weighted by atomic mass is 79.9. The van der Waals surface area contributed by atoms with E-state index < -0.39 is 0 Å². The summed E-state index contributed by atoms with van der Waals surface area (Å²) < 4.78 is 1.03. The number of halogens is 1. The summed E-state index contributed by atoms with van der Waals surface area (Å²) in [6.07, 6.45) is 1.66. The van der Waals surface area contributed by atoms with E-state index in [0.717, 1.165) is 22.9 Å². The summed E-state index contributed by atoms with van der Waals surface area (Å²) in [6.45, 7) is 0. The molecule has 3 N–H and O–H groups in total. The summed E-state index contributed by atoms with van der Waals surface area (Å²) in [5.41, 5.74) is 6.76. The second kappa shape index (κ2) is 4.33. The molecule has 80 valence electrons. The maximum atomic E-state index is 11.4. The second-order valence-corrected chi connectivity index (χ2v) is 4.72. The topological polar surface area (TPSA) is 55.1 Å². The predicted molar refractivity (Wildman–Crippen MR) is 62.2 cm³/mol. The molecule has 1 aliphatic heterocycles. The second-order valence-electron chi connectivity index (χ2n) is 3.80. The van der Waals surface area contributed by atoms with E-state index in [1.54, 1.807) is 0 Å². The summed E-state index contributed by atoms with van der Waals surface area (Å²) in [5.74, 6) is -0.0498.